The summed E-state index contributed by atoms with van der Waals surface area (Å²) in [6, 6.07) is 13.7. The minimum absolute atomic E-state index is 0.0999. The maximum atomic E-state index is 12.7. The molecule has 0 unspecified atom stereocenters. The standard InChI is InChI=1S/C20H19F2N5O2/c21-20(22)29-18-7-2-1-6-17(18)26-10-8-15(13-26)24-19(28)14-4-3-5-16(12-14)27-11-9-23-25-27/h1-7,9,11-12,15,20H,8,10,13H2,(H,24,28)/t15-/m0/s1. The van der Waals surface area contributed by atoms with E-state index >= 15 is 0 Å². The predicted molar refractivity (Wildman–Crippen MR) is 103 cm³/mol. The highest BCUT2D eigenvalue weighted by molar-refractivity contribution is 5.95. The number of aromatic nitrogens is 3. The third-order valence-corrected chi connectivity index (χ3v) is 4.74. The largest absolute Gasteiger partial charge is 0.433 e. The summed E-state index contributed by atoms with van der Waals surface area (Å²) in [5, 5.41) is 10.7. The zero-order valence-corrected chi connectivity index (χ0v) is 15.4. The van der Waals surface area contributed by atoms with Gasteiger partial charge in [0, 0.05) is 24.7 Å². The lowest BCUT2D eigenvalue weighted by Gasteiger charge is -2.22. The van der Waals surface area contributed by atoms with Gasteiger partial charge < -0.3 is 15.0 Å². The fraction of sp³-hybridized carbons (Fsp3) is 0.250. The number of halogens is 2. The van der Waals surface area contributed by atoms with Crippen LogP contribution >= 0.6 is 0 Å². The molecule has 1 N–H and O–H groups in total. The highest BCUT2D eigenvalue weighted by Crippen LogP contribution is 2.31. The molecule has 29 heavy (non-hydrogen) atoms. The smallest absolute Gasteiger partial charge is 0.387 e. The van der Waals surface area contributed by atoms with Crippen molar-refractivity contribution in [3.05, 3.63) is 66.5 Å². The van der Waals surface area contributed by atoms with Gasteiger partial charge in [-0.05, 0) is 36.8 Å². The maximum absolute atomic E-state index is 12.7. The van der Waals surface area contributed by atoms with E-state index in [1.165, 1.54) is 6.07 Å². The molecule has 0 bridgehead atoms. The number of hydrogen-bond donors (Lipinski definition) is 1. The van der Waals surface area contributed by atoms with Gasteiger partial charge in [0.15, 0.2) is 0 Å². The summed E-state index contributed by atoms with van der Waals surface area (Å²) in [5.41, 5.74) is 1.84. The number of nitrogens with zero attached hydrogens (tertiary/aromatic N) is 4. The van der Waals surface area contributed by atoms with Crippen LogP contribution in [0.15, 0.2) is 60.9 Å². The fourth-order valence-electron chi connectivity index (χ4n) is 3.42. The first kappa shape index (κ1) is 18.9. The van der Waals surface area contributed by atoms with Gasteiger partial charge >= 0.3 is 6.61 Å². The van der Waals surface area contributed by atoms with Gasteiger partial charge in [-0.2, -0.15) is 8.78 Å². The molecule has 1 saturated heterocycles. The highest BCUT2D eigenvalue weighted by atomic mass is 19.3. The Morgan fingerprint density at radius 2 is 2.07 bits per heavy atom. The lowest BCUT2D eigenvalue weighted by molar-refractivity contribution is -0.0495. The molecular formula is C20H19F2N5O2. The average Bonchev–Trinajstić information content (AvgIpc) is 3.40. The Kier molecular flexibility index (Phi) is 5.37. The maximum Gasteiger partial charge on any atom is 0.387 e. The summed E-state index contributed by atoms with van der Waals surface area (Å²) in [4.78, 5) is 14.6. The molecule has 0 spiro atoms. The zero-order valence-electron chi connectivity index (χ0n) is 15.4. The molecule has 1 aromatic heterocycles. The summed E-state index contributed by atoms with van der Waals surface area (Å²) in [6.45, 7) is -1.74. The molecule has 7 nitrogen and oxygen atoms in total. The zero-order chi connectivity index (χ0) is 20.2. The average molecular weight is 399 g/mol. The molecule has 2 aromatic carbocycles. The Morgan fingerprint density at radius 3 is 2.86 bits per heavy atom. The first-order chi connectivity index (χ1) is 14.1. The van der Waals surface area contributed by atoms with Gasteiger partial charge in [-0.3, -0.25) is 4.79 Å². The van der Waals surface area contributed by atoms with Crippen molar-refractivity contribution < 1.29 is 18.3 Å². The van der Waals surface area contributed by atoms with Crippen LogP contribution in [0.3, 0.4) is 0 Å². The predicted octanol–water partition coefficient (Wildman–Crippen LogP) is 2.88. The number of anilines is 1. The second kappa shape index (κ2) is 8.26. The van der Waals surface area contributed by atoms with E-state index in [-0.39, 0.29) is 17.7 Å². The number of alkyl halides is 2. The van der Waals surface area contributed by atoms with Gasteiger partial charge in [-0.1, -0.05) is 23.4 Å². The summed E-state index contributed by atoms with van der Waals surface area (Å²) >= 11 is 0. The Balaban J connectivity index is 1.42. The fourth-order valence-corrected chi connectivity index (χ4v) is 3.42. The van der Waals surface area contributed by atoms with Crippen LogP contribution in [0.5, 0.6) is 5.75 Å². The number of para-hydroxylation sites is 2. The number of carbonyl (C=O) groups excluding carboxylic acids is 1. The Bertz CT molecular complexity index is 981. The first-order valence-electron chi connectivity index (χ1n) is 9.16. The molecule has 3 aromatic rings. The molecule has 0 aliphatic carbocycles. The topological polar surface area (TPSA) is 72.3 Å². The highest BCUT2D eigenvalue weighted by Gasteiger charge is 2.26. The summed E-state index contributed by atoms with van der Waals surface area (Å²) in [6.07, 6.45) is 3.97. The molecule has 1 aliphatic heterocycles. The monoisotopic (exact) mass is 399 g/mol. The van der Waals surface area contributed by atoms with E-state index in [4.69, 9.17) is 0 Å². The molecule has 1 aliphatic rings. The van der Waals surface area contributed by atoms with Crippen molar-refractivity contribution in [1.82, 2.24) is 20.3 Å². The molecular weight excluding hydrogens is 380 g/mol. The molecule has 1 amide bonds. The van der Waals surface area contributed by atoms with Crippen LogP contribution in [0.1, 0.15) is 16.8 Å². The third-order valence-electron chi connectivity index (χ3n) is 4.74. The SMILES string of the molecule is O=C(N[C@H]1CCN(c2ccccc2OC(F)F)C1)c1cccc(-n2ccnn2)c1. The normalized spacial score (nSPS) is 16.2. The lowest BCUT2D eigenvalue weighted by Crippen LogP contribution is -2.37. The molecule has 4 rings (SSSR count). The van der Waals surface area contributed by atoms with Gasteiger partial charge in [0.25, 0.3) is 5.91 Å². The molecule has 9 heteroatoms. The van der Waals surface area contributed by atoms with E-state index in [2.05, 4.69) is 20.4 Å². The Labute approximate surface area is 165 Å². The third kappa shape index (κ3) is 4.34. The quantitative estimate of drug-likeness (QED) is 0.690. The number of carbonyl (C=O) groups is 1. The van der Waals surface area contributed by atoms with Crippen molar-refractivity contribution in [1.29, 1.82) is 0 Å². The van der Waals surface area contributed by atoms with E-state index in [1.807, 2.05) is 11.0 Å². The number of ether oxygens (including phenoxy) is 1. The Morgan fingerprint density at radius 1 is 1.21 bits per heavy atom. The van der Waals surface area contributed by atoms with Crippen molar-refractivity contribution >= 4 is 11.6 Å². The van der Waals surface area contributed by atoms with Gasteiger partial charge in [-0.15, -0.1) is 5.10 Å². The lowest BCUT2D eigenvalue weighted by atomic mass is 10.1. The van der Waals surface area contributed by atoms with Gasteiger partial charge in [0.2, 0.25) is 0 Å². The van der Waals surface area contributed by atoms with E-state index < -0.39 is 6.61 Å². The number of nitrogens with one attached hydrogen (secondary N) is 1. The van der Waals surface area contributed by atoms with Crippen LogP contribution in [-0.4, -0.2) is 46.6 Å². The minimum Gasteiger partial charge on any atom is -0.433 e. The van der Waals surface area contributed by atoms with Crippen LogP contribution in [0.2, 0.25) is 0 Å². The van der Waals surface area contributed by atoms with E-state index in [1.54, 1.807) is 53.5 Å². The van der Waals surface area contributed by atoms with E-state index in [9.17, 15) is 13.6 Å². The van der Waals surface area contributed by atoms with Crippen LogP contribution in [0.25, 0.3) is 5.69 Å². The Hall–Kier alpha value is -3.49. The molecule has 1 atom stereocenters. The van der Waals surface area contributed by atoms with Crippen LogP contribution in [-0.2, 0) is 0 Å². The first-order valence-corrected chi connectivity index (χ1v) is 9.16. The molecule has 0 saturated carbocycles. The molecule has 150 valence electrons. The number of benzene rings is 2. The molecule has 1 fully saturated rings. The number of amides is 1. The number of hydrogen-bond acceptors (Lipinski definition) is 5. The molecule has 2 heterocycles. The van der Waals surface area contributed by atoms with Crippen molar-refractivity contribution in [3.63, 3.8) is 0 Å². The number of rotatable bonds is 6. The second-order valence-electron chi connectivity index (χ2n) is 6.65. The second-order valence-corrected chi connectivity index (χ2v) is 6.65. The van der Waals surface area contributed by atoms with Crippen LogP contribution < -0.4 is 15.0 Å². The van der Waals surface area contributed by atoms with Gasteiger partial charge in [0.05, 0.1) is 23.8 Å². The minimum atomic E-state index is -2.88. The van der Waals surface area contributed by atoms with Crippen LogP contribution in [0.4, 0.5) is 14.5 Å². The van der Waals surface area contributed by atoms with Crippen molar-refractivity contribution in [3.8, 4) is 11.4 Å². The van der Waals surface area contributed by atoms with E-state index in [0.29, 0.717) is 30.8 Å². The van der Waals surface area contributed by atoms with Crippen molar-refractivity contribution in [2.75, 3.05) is 18.0 Å². The summed E-state index contributed by atoms with van der Waals surface area (Å²) < 4.78 is 31.5. The molecule has 0 radical (unpaired) electrons. The summed E-state index contributed by atoms with van der Waals surface area (Å²) in [5.74, 6) is -0.0639. The summed E-state index contributed by atoms with van der Waals surface area (Å²) in [7, 11) is 0. The van der Waals surface area contributed by atoms with Crippen molar-refractivity contribution in [2.45, 2.75) is 19.1 Å². The van der Waals surface area contributed by atoms with Crippen molar-refractivity contribution in [2.24, 2.45) is 0 Å². The van der Waals surface area contributed by atoms with Gasteiger partial charge in [0.1, 0.15) is 5.75 Å². The van der Waals surface area contributed by atoms with E-state index in [0.717, 1.165) is 5.69 Å². The van der Waals surface area contributed by atoms with Crippen LogP contribution in [0, 0.1) is 0 Å². The van der Waals surface area contributed by atoms with Gasteiger partial charge in [-0.25, -0.2) is 4.68 Å².